The Kier molecular flexibility index (Phi) is 2.80. The van der Waals surface area contributed by atoms with Gasteiger partial charge in [0.25, 0.3) is 0 Å². The first kappa shape index (κ1) is 12.3. The number of rotatable bonds is 1. The van der Waals surface area contributed by atoms with Crippen molar-refractivity contribution in [2.75, 3.05) is 13.1 Å². The Morgan fingerprint density at radius 2 is 2.22 bits per heavy atom. The summed E-state index contributed by atoms with van der Waals surface area (Å²) in [5.41, 5.74) is 1.50. The highest BCUT2D eigenvalue weighted by Gasteiger charge is 2.53. The zero-order valence-corrected chi connectivity index (χ0v) is 11.9. The fraction of sp³-hybridized carbons (Fsp3) is 0.812. The summed E-state index contributed by atoms with van der Waals surface area (Å²) >= 11 is 0. The summed E-state index contributed by atoms with van der Waals surface area (Å²) in [6.07, 6.45) is 7.06. The molecule has 0 aromatic carbocycles. The molecule has 2 nitrogen and oxygen atoms in total. The fourth-order valence-corrected chi connectivity index (χ4v) is 4.15. The molecule has 0 radical (unpaired) electrons. The summed E-state index contributed by atoms with van der Waals surface area (Å²) in [4.78, 5) is 14.8. The second-order valence-corrected chi connectivity index (χ2v) is 7.20. The monoisotopic (exact) mass is 247 g/mol. The van der Waals surface area contributed by atoms with Crippen LogP contribution < -0.4 is 0 Å². The highest BCUT2D eigenvalue weighted by molar-refractivity contribution is 5.94. The molecule has 18 heavy (non-hydrogen) atoms. The molecule has 0 spiro atoms. The van der Waals surface area contributed by atoms with Crippen molar-refractivity contribution in [1.82, 2.24) is 4.90 Å². The number of piperidine rings is 1. The molecule has 0 aromatic rings. The lowest BCUT2D eigenvalue weighted by Gasteiger charge is -2.56. The second kappa shape index (κ2) is 4.11. The minimum atomic E-state index is 0.345. The predicted octanol–water partition coefficient (Wildman–Crippen LogP) is 3.24. The van der Waals surface area contributed by atoms with Gasteiger partial charge in [-0.3, -0.25) is 4.79 Å². The molecule has 1 saturated heterocycles. The minimum Gasteiger partial charge on any atom is -0.339 e. The van der Waals surface area contributed by atoms with E-state index in [1.54, 1.807) is 0 Å². The van der Waals surface area contributed by atoms with Crippen LogP contribution in [0.15, 0.2) is 11.6 Å². The SMILES string of the molecule is CC1CCCN(C(=O)C2=CCC3CC2C3(C)C)C1. The average Bonchev–Trinajstić information content (AvgIpc) is 2.37. The molecule has 3 atom stereocenters. The maximum absolute atomic E-state index is 12.7. The van der Waals surface area contributed by atoms with Gasteiger partial charge in [0.15, 0.2) is 0 Å². The zero-order chi connectivity index (χ0) is 12.9. The van der Waals surface area contributed by atoms with Crippen molar-refractivity contribution >= 4 is 5.91 Å². The lowest BCUT2D eigenvalue weighted by Crippen LogP contribution is -2.52. The van der Waals surface area contributed by atoms with Gasteiger partial charge in [0.1, 0.15) is 0 Å². The number of allylic oxidation sites excluding steroid dienone is 1. The molecule has 2 bridgehead atoms. The van der Waals surface area contributed by atoms with Gasteiger partial charge < -0.3 is 4.90 Å². The molecule has 2 heteroatoms. The van der Waals surface area contributed by atoms with Crippen LogP contribution in [0.1, 0.15) is 46.5 Å². The van der Waals surface area contributed by atoms with Gasteiger partial charge in [0, 0.05) is 18.7 Å². The average molecular weight is 247 g/mol. The van der Waals surface area contributed by atoms with Crippen molar-refractivity contribution in [3.05, 3.63) is 11.6 Å². The van der Waals surface area contributed by atoms with Gasteiger partial charge >= 0.3 is 0 Å². The summed E-state index contributed by atoms with van der Waals surface area (Å²) in [6.45, 7) is 8.87. The van der Waals surface area contributed by atoms with Gasteiger partial charge in [-0.25, -0.2) is 0 Å². The Bertz CT molecular complexity index is 396. The van der Waals surface area contributed by atoms with Crippen LogP contribution in [0.25, 0.3) is 0 Å². The number of likely N-dealkylation sites (tertiary alicyclic amines) is 1. The molecule has 1 aliphatic heterocycles. The lowest BCUT2D eigenvalue weighted by atomic mass is 9.48. The number of hydrogen-bond donors (Lipinski definition) is 0. The molecule has 4 aliphatic rings. The Balaban J connectivity index is 1.75. The molecular formula is C16H25NO. The van der Waals surface area contributed by atoms with Gasteiger partial charge in [-0.05, 0) is 48.9 Å². The fourth-order valence-electron chi connectivity index (χ4n) is 4.15. The normalized spacial score (nSPS) is 37.8. The van der Waals surface area contributed by atoms with Crippen LogP contribution in [-0.4, -0.2) is 23.9 Å². The van der Waals surface area contributed by atoms with E-state index in [-0.39, 0.29) is 0 Å². The lowest BCUT2D eigenvalue weighted by molar-refractivity contribution is -0.132. The first-order chi connectivity index (χ1) is 8.50. The quantitative estimate of drug-likeness (QED) is 0.696. The van der Waals surface area contributed by atoms with Crippen LogP contribution in [0.3, 0.4) is 0 Å². The number of carbonyl (C=O) groups is 1. The third-order valence-electron chi connectivity index (χ3n) is 5.66. The number of carbonyl (C=O) groups excluding carboxylic acids is 1. The first-order valence-corrected chi connectivity index (χ1v) is 7.49. The largest absolute Gasteiger partial charge is 0.339 e. The Morgan fingerprint density at radius 1 is 1.44 bits per heavy atom. The topological polar surface area (TPSA) is 20.3 Å². The zero-order valence-electron chi connectivity index (χ0n) is 11.9. The third-order valence-corrected chi connectivity index (χ3v) is 5.66. The molecule has 1 heterocycles. The van der Waals surface area contributed by atoms with Gasteiger partial charge in [0.2, 0.25) is 5.91 Å². The molecule has 100 valence electrons. The summed E-state index contributed by atoms with van der Waals surface area (Å²) in [5, 5.41) is 0. The molecule has 0 aromatic heterocycles. The van der Waals surface area contributed by atoms with Crippen LogP contribution in [0.2, 0.25) is 0 Å². The Hall–Kier alpha value is -0.790. The van der Waals surface area contributed by atoms with Crippen molar-refractivity contribution in [2.24, 2.45) is 23.2 Å². The first-order valence-electron chi connectivity index (χ1n) is 7.49. The number of amides is 1. The van der Waals surface area contributed by atoms with Gasteiger partial charge in [0.05, 0.1) is 0 Å². The molecule has 0 N–H and O–H groups in total. The predicted molar refractivity (Wildman–Crippen MR) is 73.1 cm³/mol. The van der Waals surface area contributed by atoms with Crippen molar-refractivity contribution in [1.29, 1.82) is 0 Å². The number of hydrogen-bond acceptors (Lipinski definition) is 1. The maximum Gasteiger partial charge on any atom is 0.249 e. The van der Waals surface area contributed by atoms with E-state index < -0.39 is 0 Å². The van der Waals surface area contributed by atoms with Crippen LogP contribution in [0.5, 0.6) is 0 Å². The van der Waals surface area contributed by atoms with Gasteiger partial charge in [-0.2, -0.15) is 0 Å². The van der Waals surface area contributed by atoms with Gasteiger partial charge in [-0.15, -0.1) is 0 Å². The van der Waals surface area contributed by atoms with Crippen LogP contribution in [0.4, 0.5) is 0 Å². The molecule has 4 rings (SSSR count). The molecule has 1 amide bonds. The maximum atomic E-state index is 12.7. The third kappa shape index (κ3) is 1.72. The summed E-state index contributed by atoms with van der Waals surface area (Å²) in [7, 11) is 0. The Labute approximate surface area is 110 Å². The summed E-state index contributed by atoms with van der Waals surface area (Å²) < 4.78 is 0. The van der Waals surface area contributed by atoms with Crippen LogP contribution >= 0.6 is 0 Å². The van der Waals surface area contributed by atoms with Gasteiger partial charge in [-0.1, -0.05) is 26.8 Å². The highest BCUT2D eigenvalue weighted by Crippen LogP contribution is 2.59. The smallest absolute Gasteiger partial charge is 0.249 e. The van der Waals surface area contributed by atoms with E-state index in [1.165, 1.54) is 19.3 Å². The van der Waals surface area contributed by atoms with E-state index in [0.717, 1.165) is 31.0 Å². The van der Waals surface area contributed by atoms with E-state index in [0.29, 0.717) is 23.2 Å². The van der Waals surface area contributed by atoms with Crippen molar-refractivity contribution < 1.29 is 4.79 Å². The second-order valence-electron chi connectivity index (χ2n) is 7.20. The van der Waals surface area contributed by atoms with Crippen molar-refractivity contribution in [3.8, 4) is 0 Å². The molecule has 1 saturated carbocycles. The van der Waals surface area contributed by atoms with Crippen molar-refractivity contribution in [3.63, 3.8) is 0 Å². The van der Waals surface area contributed by atoms with Crippen molar-refractivity contribution in [2.45, 2.75) is 46.5 Å². The standard InChI is InChI=1S/C16H25NO/c1-11-5-4-8-17(10-11)15(18)13-7-6-12-9-14(13)16(12,2)3/h7,11-12,14H,4-6,8-10H2,1-3H3. The van der Waals surface area contributed by atoms with E-state index >= 15 is 0 Å². The molecular weight excluding hydrogens is 222 g/mol. The van der Waals surface area contributed by atoms with E-state index in [2.05, 4.69) is 31.7 Å². The molecule has 2 fully saturated rings. The van der Waals surface area contributed by atoms with E-state index in [9.17, 15) is 4.79 Å². The molecule has 3 aliphatic carbocycles. The minimum absolute atomic E-state index is 0.345. The summed E-state index contributed by atoms with van der Waals surface area (Å²) in [5.74, 6) is 2.37. The number of fused-ring (bicyclic) bond motifs is 1. The summed E-state index contributed by atoms with van der Waals surface area (Å²) in [6, 6.07) is 0. The van der Waals surface area contributed by atoms with E-state index in [4.69, 9.17) is 0 Å². The van der Waals surface area contributed by atoms with E-state index in [1.807, 2.05) is 0 Å². The number of nitrogens with zero attached hydrogens (tertiary/aromatic N) is 1. The Morgan fingerprint density at radius 3 is 2.83 bits per heavy atom. The van der Waals surface area contributed by atoms with Crippen LogP contribution in [-0.2, 0) is 4.79 Å². The van der Waals surface area contributed by atoms with Crippen LogP contribution in [0, 0.1) is 23.2 Å². The highest BCUT2D eigenvalue weighted by atomic mass is 16.2. The molecule has 3 unspecified atom stereocenters.